The second-order valence-electron chi connectivity index (χ2n) is 29.6. The first-order valence-corrected chi connectivity index (χ1v) is 29.8. The first-order chi connectivity index (χ1) is 37.4. The molecular formula is C60H68F2O17. The number of carbonyl (C=O) groups is 4. The van der Waals surface area contributed by atoms with Crippen molar-refractivity contribution < 1.29 is 89.9 Å². The largest absolute Gasteiger partial charge is 0.458 e. The third kappa shape index (κ3) is 4.32. The summed E-state index contributed by atoms with van der Waals surface area (Å²) in [6.07, 6.45) is 3.89. The highest BCUT2D eigenvalue weighted by Gasteiger charge is 3.07. The third-order valence-electron chi connectivity index (χ3n) is 27.0. The van der Waals surface area contributed by atoms with Gasteiger partial charge in [-0.3, -0.25) is 4.79 Å². The molecule has 17 nitrogen and oxygen atoms in total. The number of ketones is 1. The Kier molecular flexibility index (Phi) is 7.94. The summed E-state index contributed by atoms with van der Waals surface area (Å²) in [7, 11) is 0. The SMILES string of the molecule is CC(C)[C@]12O[C@H]1[C@@H]1O[C@@]13[C@@]1(C)CCC4=C(COC4=O)[C@@H]1C[C@@H]1O[C@@]13C2(F)F.CC(C)[C@]12O[C@H]1[C@@H]1O[C@@]13[C@@]1(C)CCC4=C(COC4=O)[C@@H]1C[C@@H]1O[C@@]13C2=O.CC(C)[C@]12O[C@H]1[C@@H]1O[C@]13[C@]1(O[C@H]1C[C@H]1C4=C(CC[C@@]13C)C(=O)OC4)[C@@H]2O. The molecule has 9 saturated heterocycles. The topological polar surface area (TPSA) is 229 Å². The molecule has 0 bridgehead atoms. The van der Waals surface area contributed by atoms with Crippen molar-refractivity contribution >= 4 is 23.7 Å². The van der Waals surface area contributed by atoms with Crippen LogP contribution in [0.25, 0.3) is 0 Å². The van der Waals surface area contributed by atoms with Gasteiger partial charge in [0.1, 0.15) is 85.0 Å². The van der Waals surface area contributed by atoms with Crippen molar-refractivity contribution in [3.63, 3.8) is 0 Å². The fourth-order valence-electron chi connectivity index (χ4n) is 22.8. The van der Waals surface area contributed by atoms with Crippen molar-refractivity contribution in [2.24, 2.45) is 51.8 Å². The minimum atomic E-state index is -3.10. The molecule has 21 rings (SSSR count). The smallest absolute Gasteiger partial charge is 0.334 e. The number of cyclic esters (lactones) is 3. The molecule has 424 valence electrons. The maximum Gasteiger partial charge on any atom is 0.334 e. The lowest BCUT2D eigenvalue weighted by Crippen LogP contribution is -2.72. The molecule has 1 N–H and O–H groups in total. The number of hydrogen-bond acceptors (Lipinski definition) is 17. The average molecular weight is 1100 g/mol. The van der Waals surface area contributed by atoms with Crippen LogP contribution in [0.3, 0.4) is 0 Å². The van der Waals surface area contributed by atoms with Crippen LogP contribution in [0.15, 0.2) is 33.4 Å². The summed E-state index contributed by atoms with van der Waals surface area (Å²) < 4.78 is 104. The van der Waals surface area contributed by atoms with E-state index >= 15 is 8.78 Å². The third-order valence-corrected chi connectivity index (χ3v) is 27.0. The summed E-state index contributed by atoms with van der Waals surface area (Å²) in [5.41, 5.74) is -2.99. The molecule has 25 atom stereocenters. The monoisotopic (exact) mass is 1100 g/mol. The quantitative estimate of drug-likeness (QED) is 0.228. The predicted octanol–water partition coefficient (Wildman–Crippen LogP) is 4.79. The van der Waals surface area contributed by atoms with Crippen LogP contribution in [0.1, 0.15) is 120 Å². The Balaban J connectivity index is 0.0000000893. The number of hydrogen-bond donors (Lipinski definition) is 1. The average Bonchev–Trinajstić information content (AvgIpc) is 1.56. The van der Waals surface area contributed by atoms with Crippen LogP contribution in [-0.2, 0) is 76.0 Å². The normalized spacial score (nSPS) is 61.3. The van der Waals surface area contributed by atoms with E-state index in [2.05, 4.69) is 34.6 Å². The zero-order valence-electron chi connectivity index (χ0n) is 46.0. The number of Topliss-reactive ketones (excluding diaryl/α,β-unsaturated/α-hetero) is 1. The fourth-order valence-corrected chi connectivity index (χ4v) is 22.8. The summed E-state index contributed by atoms with van der Waals surface area (Å²) in [5.74, 6) is -3.12. The molecule has 0 aromatic rings. The van der Waals surface area contributed by atoms with Crippen molar-refractivity contribution in [2.45, 2.75) is 237 Å². The van der Waals surface area contributed by atoms with E-state index in [9.17, 15) is 24.3 Å². The summed E-state index contributed by atoms with van der Waals surface area (Å²) in [5, 5.41) is 11.4. The lowest BCUT2D eigenvalue weighted by atomic mass is 9.46. The first kappa shape index (κ1) is 48.2. The van der Waals surface area contributed by atoms with Gasteiger partial charge in [-0.25, -0.2) is 14.4 Å². The van der Waals surface area contributed by atoms with Crippen LogP contribution in [-0.4, -0.2) is 166 Å². The van der Waals surface area contributed by atoms with E-state index in [1.54, 1.807) is 13.8 Å². The van der Waals surface area contributed by atoms with Gasteiger partial charge in [-0.05, 0) is 110 Å². The fraction of sp³-hybridized carbons (Fsp3) is 0.833. The lowest BCUT2D eigenvalue weighted by Gasteiger charge is -2.53. The van der Waals surface area contributed by atoms with Crippen molar-refractivity contribution in [2.75, 3.05) is 19.8 Å². The number of rotatable bonds is 3. The number of ether oxygens (including phenoxy) is 12. The van der Waals surface area contributed by atoms with E-state index in [0.29, 0.717) is 38.9 Å². The Morgan fingerprint density at radius 2 is 0.975 bits per heavy atom. The van der Waals surface area contributed by atoms with Crippen molar-refractivity contribution in [1.29, 1.82) is 0 Å². The van der Waals surface area contributed by atoms with E-state index < -0.39 is 80.1 Å². The molecule has 21 aliphatic rings. The minimum absolute atomic E-state index is 0.00808. The second kappa shape index (κ2) is 13.0. The molecule has 0 aromatic heterocycles. The molecule has 0 radical (unpaired) electrons. The van der Waals surface area contributed by atoms with Gasteiger partial charge < -0.3 is 61.9 Å². The van der Waals surface area contributed by atoms with Crippen molar-refractivity contribution in [1.82, 2.24) is 0 Å². The molecule has 12 heterocycles. The molecule has 19 heteroatoms. The molecule has 6 saturated carbocycles. The van der Waals surface area contributed by atoms with Gasteiger partial charge in [0.15, 0.2) is 28.0 Å². The number of aliphatic hydroxyl groups is 1. The van der Waals surface area contributed by atoms with Gasteiger partial charge in [0, 0.05) is 33.0 Å². The second-order valence-corrected chi connectivity index (χ2v) is 29.6. The standard InChI is InChI=1S/C20H22F2O5.C20H24O6.C20H22O6/c1-8(2)17-13(26-17)14-19(27-14)16(3)5-4-9-10(7-24-15(9)23)11(16)6-12-18(19,25-12)20(17,21)22;2*1-8(2)18-13(25-18)14-20(26-14)17(3)5-4-9-10(7-23-15(9)21)11(17)6-12-19(20,24-12)16(18)22/h8,11-14H,4-7H2,1-3H3;8,11-14,16,22H,4-7H2,1-3H3;8,11-14H,4-7H2,1-3H3/t11-,12-,13-,14-,16-,17-,18-,19+;11-,12-,13-,14-,16+,17-,18-,19+,20+;11-,12-,13-,14-,17-,18-,19+,20+/m000/s1. The molecule has 9 aliphatic carbocycles. The Labute approximate surface area is 454 Å². The van der Waals surface area contributed by atoms with Gasteiger partial charge >= 0.3 is 23.8 Å². The molecule has 0 aromatic carbocycles. The van der Waals surface area contributed by atoms with E-state index in [4.69, 9.17) is 56.8 Å². The molecule has 6 spiro atoms. The lowest BCUT2D eigenvalue weighted by molar-refractivity contribution is -0.193. The number of esters is 3. The number of fused-ring (bicyclic) bond motifs is 12. The number of halogens is 2. The van der Waals surface area contributed by atoms with Crippen LogP contribution in [0.2, 0.25) is 0 Å². The molecule has 79 heavy (non-hydrogen) atoms. The number of alkyl halides is 2. The Hall–Kier alpha value is -3.24. The highest BCUT2D eigenvalue weighted by Crippen LogP contribution is 2.88. The molecule has 0 amide bonds. The summed E-state index contributed by atoms with van der Waals surface area (Å²) >= 11 is 0. The molecule has 15 fully saturated rings. The minimum Gasteiger partial charge on any atom is -0.458 e. The summed E-state index contributed by atoms with van der Waals surface area (Å²) in [6, 6.07) is 0. The van der Waals surface area contributed by atoms with Crippen molar-refractivity contribution in [3.05, 3.63) is 33.4 Å². The van der Waals surface area contributed by atoms with E-state index in [1.807, 2.05) is 13.8 Å². The van der Waals surface area contributed by atoms with Crippen molar-refractivity contribution in [3.8, 4) is 0 Å². The van der Waals surface area contributed by atoms with Gasteiger partial charge in [0.05, 0.1) is 18.3 Å². The zero-order chi connectivity index (χ0) is 54.5. The van der Waals surface area contributed by atoms with Crippen LogP contribution < -0.4 is 0 Å². The number of epoxide rings is 9. The van der Waals surface area contributed by atoms with E-state index in [0.717, 1.165) is 65.5 Å². The predicted molar refractivity (Wildman–Crippen MR) is 259 cm³/mol. The maximum absolute atomic E-state index is 16.0. The van der Waals surface area contributed by atoms with E-state index in [-0.39, 0.29) is 119 Å². The summed E-state index contributed by atoms with van der Waals surface area (Å²) in [6.45, 7) is 19.6. The Bertz CT molecular complexity index is 3210. The Morgan fingerprint density at radius 1 is 0.481 bits per heavy atom. The first-order valence-electron chi connectivity index (χ1n) is 29.8. The zero-order valence-corrected chi connectivity index (χ0v) is 46.0. The van der Waals surface area contributed by atoms with Gasteiger partial charge in [0.2, 0.25) is 5.78 Å². The van der Waals surface area contributed by atoms with Gasteiger partial charge in [-0.2, -0.15) is 8.78 Å². The van der Waals surface area contributed by atoms with Gasteiger partial charge in [-0.15, -0.1) is 0 Å². The van der Waals surface area contributed by atoms with Crippen LogP contribution in [0.5, 0.6) is 0 Å². The van der Waals surface area contributed by atoms with Crippen LogP contribution in [0, 0.1) is 51.8 Å². The van der Waals surface area contributed by atoms with Gasteiger partial charge in [-0.1, -0.05) is 62.3 Å². The van der Waals surface area contributed by atoms with Gasteiger partial charge in [0.25, 0.3) is 0 Å². The molecule has 12 aliphatic heterocycles. The maximum atomic E-state index is 16.0. The van der Waals surface area contributed by atoms with Crippen LogP contribution >= 0.6 is 0 Å². The summed E-state index contributed by atoms with van der Waals surface area (Å²) in [4.78, 5) is 49.8. The highest BCUT2D eigenvalue weighted by atomic mass is 19.3. The number of carbonyl (C=O) groups excluding carboxylic acids is 4. The van der Waals surface area contributed by atoms with Crippen LogP contribution in [0.4, 0.5) is 8.78 Å². The Morgan fingerprint density at radius 3 is 1.53 bits per heavy atom. The molecular weight excluding hydrogens is 1030 g/mol. The number of aliphatic hydroxyl groups excluding tert-OH is 1. The molecule has 0 unspecified atom stereocenters. The van der Waals surface area contributed by atoms with E-state index in [1.165, 1.54) is 0 Å². The highest BCUT2D eigenvalue weighted by molar-refractivity contribution is 6.05.